The fraction of sp³-hybridized carbons (Fsp3) is 0.895. The molecule has 2 N–H and O–H groups in total. The molecule has 1 aliphatic heterocycles. The summed E-state index contributed by atoms with van der Waals surface area (Å²) < 4.78 is 0. The first-order valence-electron chi connectivity index (χ1n) is 9.61. The number of hydrogen-bond acceptors (Lipinski definition) is 2. The Bertz CT molecular complexity index is 390. The van der Waals surface area contributed by atoms with E-state index in [1.807, 2.05) is 25.7 Å². The van der Waals surface area contributed by atoms with Crippen LogP contribution >= 0.6 is 0 Å². The second kappa shape index (κ2) is 9.90. The van der Waals surface area contributed by atoms with Gasteiger partial charge in [0, 0.05) is 31.1 Å². The van der Waals surface area contributed by atoms with Crippen molar-refractivity contribution in [1.82, 2.24) is 15.5 Å². The summed E-state index contributed by atoms with van der Waals surface area (Å²) in [6, 6.07) is 0.0240. The molecule has 140 valence electrons. The Morgan fingerprint density at radius 2 is 1.62 bits per heavy atom. The van der Waals surface area contributed by atoms with Crippen LogP contribution in [0.1, 0.15) is 73.1 Å². The Hall–Kier alpha value is -1.26. The molecule has 1 saturated heterocycles. The van der Waals surface area contributed by atoms with Crippen molar-refractivity contribution in [2.24, 2.45) is 11.8 Å². The Kier molecular flexibility index (Phi) is 8.57. The summed E-state index contributed by atoms with van der Waals surface area (Å²) in [4.78, 5) is 26.4. The van der Waals surface area contributed by atoms with E-state index in [0.717, 1.165) is 58.2 Å². The van der Waals surface area contributed by atoms with Crippen LogP contribution in [0, 0.1) is 11.8 Å². The second-order valence-corrected chi connectivity index (χ2v) is 8.13. The number of nitrogens with zero attached hydrogens (tertiary/aromatic N) is 1. The molecule has 1 rings (SSSR count). The van der Waals surface area contributed by atoms with Crippen LogP contribution in [-0.2, 0) is 4.79 Å². The van der Waals surface area contributed by atoms with Crippen molar-refractivity contribution in [2.45, 2.75) is 78.7 Å². The van der Waals surface area contributed by atoms with Gasteiger partial charge >= 0.3 is 6.03 Å². The van der Waals surface area contributed by atoms with Gasteiger partial charge in [-0.2, -0.15) is 0 Å². The maximum Gasteiger partial charge on any atom is 0.317 e. The molecule has 1 fully saturated rings. The van der Waals surface area contributed by atoms with Gasteiger partial charge in [0.25, 0.3) is 0 Å². The molecule has 0 radical (unpaired) electrons. The molecular formula is C19H37N3O2. The van der Waals surface area contributed by atoms with Gasteiger partial charge in [-0.25, -0.2) is 4.79 Å². The number of carbonyl (C=O) groups is 2. The Morgan fingerprint density at radius 3 is 2.08 bits per heavy atom. The average molecular weight is 340 g/mol. The lowest BCUT2D eigenvalue weighted by molar-refractivity contribution is -0.125. The quantitative estimate of drug-likeness (QED) is 0.745. The molecule has 0 saturated carbocycles. The fourth-order valence-electron chi connectivity index (χ4n) is 3.23. The van der Waals surface area contributed by atoms with Gasteiger partial charge in [0.2, 0.25) is 5.91 Å². The summed E-state index contributed by atoms with van der Waals surface area (Å²) >= 11 is 0. The average Bonchev–Trinajstić information content (AvgIpc) is 2.51. The van der Waals surface area contributed by atoms with Crippen molar-refractivity contribution in [3.05, 3.63) is 0 Å². The lowest BCUT2D eigenvalue weighted by Crippen LogP contribution is -2.51. The van der Waals surface area contributed by atoms with E-state index in [1.165, 1.54) is 0 Å². The predicted molar refractivity (Wildman–Crippen MR) is 98.9 cm³/mol. The highest BCUT2D eigenvalue weighted by Gasteiger charge is 2.26. The largest absolute Gasteiger partial charge is 0.356 e. The minimum absolute atomic E-state index is 0.0240. The highest BCUT2D eigenvalue weighted by molar-refractivity contribution is 5.78. The van der Waals surface area contributed by atoms with Crippen LogP contribution in [0.5, 0.6) is 0 Å². The van der Waals surface area contributed by atoms with E-state index in [2.05, 4.69) is 24.5 Å². The highest BCUT2D eigenvalue weighted by Crippen LogP contribution is 2.18. The molecule has 0 bridgehead atoms. The van der Waals surface area contributed by atoms with Crippen molar-refractivity contribution < 1.29 is 9.59 Å². The monoisotopic (exact) mass is 339 g/mol. The topological polar surface area (TPSA) is 61.4 Å². The lowest BCUT2D eigenvalue weighted by Gasteiger charge is -2.34. The first-order valence-corrected chi connectivity index (χ1v) is 9.61. The van der Waals surface area contributed by atoms with Gasteiger partial charge in [-0.15, -0.1) is 0 Å². The summed E-state index contributed by atoms with van der Waals surface area (Å²) in [5, 5.41) is 6.16. The molecule has 0 aromatic heterocycles. The number of carbonyl (C=O) groups excluding carboxylic acids is 2. The predicted octanol–water partition coefficient (Wildman–Crippen LogP) is 3.54. The van der Waals surface area contributed by atoms with E-state index in [1.54, 1.807) is 0 Å². The molecule has 24 heavy (non-hydrogen) atoms. The zero-order valence-corrected chi connectivity index (χ0v) is 16.3. The number of piperidine rings is 1. The van der Waals surface area contributed by atoms with Crippen LogP contribution in [0.25, 0.3) is 0 Å². The van der Waals surface area contributed by atoms with Crippen LogP contribution in [0.3, 0.4) is 0 Å². The summed E-state index contributed by atoms with van der Waals surface area (Å²) in [6.45, 7) is 12.5. The minimum Gasteiger partial charge on any atom is -0.356 e. The maximum atomic E-state index is 12.3. The molecule has 0 atom stereocenters. The summed E-state index contributed by atoms with van der Waals surface area (Å²) in [7, 11) is 0. The molecule has 0 aliphatic carbocycles. The van der Waals surface area contributed by atoms with E-state index in [9.17, 15) is 9.59 Å². The molecule has 0 aromatic rings. The van der Waals surface area contributed by atoms with Gasteiger partial charge in [0.1, 0.15) is 0 Å². The molecule has 5 heteroatoms. The SMILES string of the molecule is CCCC(CCC)C(=O)NCC1CCN(C(=O)NC(C)(C)C)CC1. The lowest BCUT2D eigenvalue weighted by atomic mass is 9.95. The molecule has 3 amide bonds. The number of hydrogen-bond donors (Lipinski definition) is 2. The minimum atomic E-state index is -0.199. The van der Waals surface area contributed by atoms with E-state index in [4.69, 9.17) is 0 Å². The molecule has 5 nitrogen and oxygen atoms in total. The van der Waals surface area contributed by atoms with Crippen molar-refractivity contribution in [1.29, 1.82) is 0 Å². The zero-order valence-electron chi connectivity index (χ0n) is 16.3. The maximum absolute atomic E-state index is 12.3. The first-order chi connectivity index (χ1) is 11.3. The molecule has 0 aromatic carbocycles. The number of urea groups is 1. The number of rotatable bonds is 7. The Balaban J connectivity index is 2.33. The van der Waals surface area contributed by atoms with Gasteiger partial charge in [0.05, 0.1) is 0 Å². The molecule has 0 unspecified atom stereocenters. The molecule has 0 spiro atoms. The number of likely N-dealkylation sites (tertiary alicyclic amines) is 1. The van der Waals surface area contributed by atoms with Crippen molar-refractivity contribution >= 4 is 11.9 Å². The van der Waals surface area contributed by atoms with Crippen LogP contribution in [0.15, 0.2) is 0 Å². The normalized spacial score (nSPS) is 16.3. The van der Waals surface area contributed by atoms with Gasteiger partial charge in [0.15, 0.2) is 0 Å². The van der Waals surface area contributed by atoms with E-state index >= 15 is 0 Å². The van der Waals surface area contributed by atoms with E-state index in [0.29, 0.717) is 5.92 Å². The van der Waals surface area contributed by atoms with Gasteiger partial charge in [-0.1, -0.05) is 26.7 Å². The van der Waals surface area contributed by atoms with Crippen molar-refractivity contribution in [3.8, 4) is 0 Å². The van der Waals surface area contributed by atoms with Gasteiger partial charge in [-0.05, 0) is 52.4 Å². The first kappa shape index (κ1) is 20.8. The summed E-state index contributed by atoms with van der Waals surface area (Å²) in [6.07, 6.45) is 5.99. The van der Waals surface area contributed by atoms with Crippen molar-refractivity contribution in [3.63, 3.8) is 0 Å². The van der Waals surface area contributed by atoms with Crippen LogP contribution < -0.4 is 10.6 Å². The third-order valence-electron chi connectivity index (χ3n) is 4.59. The number of amides is 3. The number of nitrogens with one attached hydrogen (secondary N) is 2. The molecular weight excluding hydrogens is 302 g/mol. The second-order valence-electron chi connectivity index (χ2n) is 8.13. The standard InChI is InChI=1S/C19H37N3O2/c1-6-8-16(9-7-2)17(23)20-14-15-10-12-22(13-11-15)18(24)21-19(3,4)5/h15-16H,6-14H2,1-5H3,(H,20,23)(H,21,24). The summed E-state index contributed by atoms with van der Waals surface area (Å²) in [5.74, 6) is 0.862. The van der Waals surface area contributed by atoms with Crippen LogP contribution in [-0.4, -0.2) is 42.0 Å². The van der Waals surface area contributed by atoms with Gasteiger partial charge < -0.3 is 15.5 Å². The molecule has 1 aliphatic rings. The third-order valence-corrected chi connectivity index (χ3v) is 4.59. The summed E-state index contributed by atoms with van der Waals surface area (Å²) in [5.41, 5.74) is -0.199. The third kappa shape index (κ3) is 7.54. The van der Waals surface area contributed by atoms with Crippen LogP contribution in [0.2, 0.25) is 0 Å². The van der Waals surface area contributed by atoms with Gasteiger partial charge in [-0.3, -0.25) is 4.79 Å². The van der Waals surface area contributed by atoms with E-state index in [-0.39, 0.29) is 23.4 Å². The van der Waals surface area contributed by atoms with Crippen LogP contribution in [0.4, 0.5) is 4.79 Å². The van der Waals surface area contributed by atoms with Crippen molar-refractivity contribution in [2.75, 3.05) is 19.6 Å². The molecule has 1 heterocycles. The Morgan fingerprint density at radius 1 is 1.08 bits per heavy atom. The smallest absolute Gasteiger partial charge is 0.317 e. The fourth-order valence-corrected chi connectivity index (χ4v) is 3.23. The zero-order chi connectivity index (χ0) is 18.2. The van der Waals surface area contributed by atoms with E-state index < -0.39 is 0 Å². The highest BCUT2D eigenvalue weighted by atomic mass is 16.2. The Labute approximate surface area is 147 Å².